The van der Waals surface area contributed by atoms with Gasteiger partial charge in [-0.05, 0) is 52.1 Å². The molecule has 5 nitrogen and oxygen atoms in total. The van der Waals surface area contributed by atoms with Crippen molar-refractivity contribution < 1.29 is 9.53 Å². The molecule has 1 heterocycles. The summed E-state index contributed by atoms with van der Waals surface area (Å²) in [4.78, 5) is 16.7. The second-order valence-corrected chi connectivity index (χ2v) is 5.70. The molecule has 1 aromatic rings. The van der Waals surface area contributed by atoms with E-state index in [2.05, 4.69) is 19.0 Å². The number of carbonyl (C=O) groups excluding carboxylic acids is 1. The Labute approximate surface area is 126 Å². The first-order valence-electron chi connectivity index (χ1n) is 7.51. The second kappa shape index (κ2) is 6.80. The van der Waals surface area contributed by atoms with Crippen LogP contribution in [0.15, 0.2) is 18.2 Å². The van der Waals surface area contributed by atoms with Crippen molar-refractivity contribution in [3.63, 3.8) is 0 Å². The number of likely N-dealkylation sites (tertiary alicyclic amines) is 1. The average molecular weight is 291 g/mol. The van der Waals surface area contributed by atoms with Crippen molar-refractivity contribution in [2.24, 2.45) is 0 Å². The minimum Gasteiger partial charge on any atom is -0.492 e. The molecule has 0 spiro atoms. The Morgan fingerprint density at radius 2 is 2.24 bits per heavy atom. The van der Waals surface area contributed by atoms with E-state index in [1.165, 1.54) is 0 Å². The number of amides is 1. The van der Waals surface area contributed by atoms with Crippen LogP contribution in [0.25, 0.3) is 0 Å². The number of piperidine rings is 1. The molecular formula is C16H25N3O2. The Bertz CT molecular complexity index is 502. The van der Waals surface area contributed by atoms with E-state index in [4.69, 9.17) is 10.5 Å². The van der Waals surface area contributed by atoms with Gasteiger partial charge < -0.3 is 20.3 Å². The SMILES string of the molecule is CCOc1ccc(C(=O)N2CCCC(N(C)C)C2)cc1N. The molecule has 0 aromatic heterocycles. The molecule has 1 aliphatic heterocycles. The summed E-state index contributed by atoms with van der Waals surface area (Å²) >= 11 is 0. The van der Waals surface area contributed by atoms with Crippen LogP contribution in [0.4, 0.5) is 5.69 Å². The normalized spacial score (nSPS) is 18.9. The number of hydrogen-bond acceptors (Lipinski definition) is 4. The van der Waals surface area contributed by atoms with Gasteiger partial charge in [0.1, 0.15) is 5.75 Å². The van der Waals surface area contributed by atoms with Crippen LogP contribution >= 0.6 is 0 Å². The average Bonchev–Trinajstić information content (AvgIpc) is 2.49. The fourth-order valence-corrected chi connectivity index (χ4v) is 2.71. The first-order valence-corrected chi connectivity index (χ1v) is 7.51. The van der Waals surface area contributed by atoms with Crippen molar-refractivity contribution in [1.29, 1.82) is 0 Å². The van der Waals surface area contributed by atoms with Crippen LogP contribution in [0.5, 0.6) is 5.75 Å². The van der Waals surface area contributed by atoms with Crippen LogP contribution in [0, 0.1) is 0 Å². The van der Waals surface area contributed by atoms with Gasteiger partial charge in [-0.25, -0.2) is 0 Å². The number of ether oxygens (including phenoxy) is 1. The van der Waals surface area contributed by atoms with Gasteiger partial charge in [-0.15, -0.1) is 0 Å². The number of benzene rings is 1. The van der Waals surface area contributed by atoms with Crippen molar-refractivity contribution in [2.75, 3.05) is 39.5 Å². The first kappa shape index (κ1) is 15.6. The highest BCUT2D eigenvalue weighted by atomic mass is 16.5. The molecule has 2 N–H and O–H groups in total. The van der Waals surface area contributed by atoms with Crippen molar-refractivity contribution in [3.05, 3.63) is 23.8 Å². The number of hydrogen-bond donors (Lipinski definition) is 1. The maximum absolute atomic E-state index is 12.6. The molecule has 1 saturated heterocycles. The Morgan fingerprint density at radius 3 is 2.86 bits per heavy atom. The van der Waals surface area contributed by atoms with Crippen molar-refractivity contribution in [1.82, 2.24) is 9.80 Å². The van der Waals surface area contributed by atoms with Crippen molar-refractivity contribution in [3.8, 4) is 5.75 Å². The Morgan fingerprint density at radius 1 is 1.48 bits per heavy atom. The lowest BCUT2D eigenvalue weighted by Gasteiger charge is -2.36. The molecule has 5 heteroatoms. The van der Waals surface area contributed by atoms with Crippen LogP contribution in [0.2, 0.25) is 0 Å². The largest absolute Gasteiger partial charge is 0.492 e. The molecule has 1 atom stereocenters. The fraction of sp³-hybridized carbons (Fsp3) is 0.562. The lowest BCUT2D eigenvalue weighted by atomic mass is 10.0. The van der Waals surface area contributed by atoms with E-state index >= 15 is 0 Å². The van der Waals surface area contributed by atoms with E-state index in [1.807, 2.05) is 11.8 Å². The summed E-state index contributed by atoms with van der Waals surface area (Å²) in [5.41, 5.74) is 7.10. The third-order valence-corrected chi connectivity index (χ3v) is 3.97. The fourth-order valence-electron chi connectivity index (χ4n) is 2.71. The van der Waals surface area contributed by atoms with Gasteiger partial charge in [0.2, 0.25) is 0 Å². The molecule has 1 fully saturated rings. The molecule has 0 bridgehead atoms. The zero-order chi connectivity index (χ0) is 15.4. The molecular weight excluding hydrogens is 266 g/mol. The van der Waals surface area contributed by atoms with E-state index < -0.39 is 0 Å². The molecule has 1 unspecified atom stereocenters. The van der Waals surface area contributed by atoms with Crippen molar-refractivity contribution in [2.45, 2.75) is 25.8 Å². The summed E-state index contributed by atoms with van der Waals surface area (Å²) in [6, 6.07) is 5.72. The predicted molar refractivity (Wildman–Crippen MR) is 84.6 cm³/mol. The van der Waals surface area contributed by atoms with Crippen molar-refractivity contribution >= 4 is 11.6 Å². The third kappa shape index (κ3) is 3.67. The molecule has 1 aromatic carbocycles. The topological polar surface area (TPSA) is 58.8 Å². The lowest BCUT2D eigenvalue weighted by Crippen LogP contribution is -2.47. The first-order chi connectivity index (χ1) is 10.0. The van der Waals surface area contributed by atoms with Gasteiger partial charge in [0, 0.05) is 24.7 Å². The number of rotatable bonds is 4. The van der Waals surface area contributed by atoms with Gasteiger partial charge in [0.05, 0.1) is 12.3 Å². The summed E-state index contributed by atoms with van der Waals surface area (Å²) in [6.45, 7) is 4.07. The van der Waals surface area contributed by atoms with Gasteiger partial charge in [-0.1, -0.05) is 0 Å². The number of carbonyl (C=O) groups is 1. The van der Waals surface area contributed by atoms with Gasteiger partial charge in [0.15, 0.2) is 0 Å². The molecule has 0 radical (unpaired) electrons. The minimum atomic E-state index is 0.0521. The summed E-state index contributed by atoms with van der Waals surface area (Å²) in [5.74, 6) is 0.690. The zero-order valence-corrected chi connectivity index (χ0v) is 13.1. The second-order valence-electron chi connectivity index (χ2n) is 5.70. The minimum absolute atomic E-state index is 0.0521. The maximum atomic E-state index is 12.6. The Hall–Kier alpha value is -1.75. The number of nitrogens with two attached hydrogens (primary N) is 1. The number of nitrogen functional groups attached to an aromatic ring is 1. The van der Waals surface area contributed by atoms with Crippen LogP contribution in [-0.4, -0.2) is 55.5 Å². The maximum Gasteiger partial charge on any atom is 0.253 e. The van der Waals surface area contributed by atoms with E-state index in [9.17, 15) is 4.79 Å². The molecule has 116 valence electrons. The predicted octanol–water partition coefficient (Wildman–Crippen LogP) is 1.83. The molecule has 2 rings (SSSR count). The lowest BCUT2D eigenvalue weighted by molar-refractivity contribution is 0.0635. The zero-order valence-electron chi connectivity index (χ0n) is 13.1. The van der Waals surface area contributed by atoms with Gasteiger partial charge >= 0.3 is 0 Å². The van der Waals surface area contributed by atoms with E-state index in [0.29, 0.717) is 29.6 Å². The summed E-state index contributed by atoms with van der Waals surface area (Å²) < 4.78 is 5.41. The van der Waals surface area contributed by atoms with Crippen LogP contribution in [0.1, 0.15) is 30.1 Å². The van der Waals surface area contributed by atoms with Crippen LogP contribution < -0.4 is 10.5 Å². The van der Waals surface area contributed by atoms with E-state index in [-0.39, 0.29) is 5.91 Å². The summed E-state index contributed by atoms with van der Waals surface area (Å²) in [6.07, 6.45) is 2.18. The Balaban J connectivity index is 2.10. The number of anilines is 1. The Kier molecular flexibility index (Phi) is 5.07. The standard InChI is InChI=1S/C16H25N3O2/c1-4-21-15-8-7-12(10-14(15)17)16(20)19-9-5-6-13(11-19)18(2)3/h7-8,10,13H,4-6,9,11,17H2,1-3H3. The number of likely N-dealkylation sites (N-methyl/N-ethyl adjacent to an activating group) is 1. The smallest absolute Gasteiger partial charge is 0.253 e. The van der Waals surface area contributed by atoms with E-state index in [1.54, 1.807) is 18.2 Å². The highest BCUT2D eigenvalue weighted by Crippen LogP contribution is 2.24. The van der Waals surface area contributed by atoms with Gasteiger partial charge in [0.25, 0.3) is 5.91 Å². The quantitative estimate of drug-likeness (QED) is 0.860. The summed E-state index contributed by atoms with van der Waals surface area (Å²) in [7, 11) is 4.13. The number of nitrogens with zero attached hydrogens (tertiary/aromatic N) is 2. The van der Waals surface area contributed by atoms with Crippen LogP contribution in [-0.2, 0) is 0 Å². The van der Waals surface area contributed by atoms with Crippen LogP contribution in [0.3, 0.4) is 0 Å². The van der Waals surface area contributed by atoms with Gasteiger partial charge in [-0.3, -0.25) is 4.79 Å². The molecule has 1 amide bonds. The summed E-state index contributed by atoms with van der Waals surface area (Å²) in [5, 5.41) is 0. The highest BCUT2D eigenvalue weighted by molar-refractivity contribution is 5.95. The third-order valence-electron chi connectivity index (χ3n) is 3.97. The highest BCUT2D eigenvalue weighted by Gasteiger charge is 2.25. The molecule has 1 aliphatic rings. The molecule has 21 heavy (non-hydrogen) atoms. The monoisotopic (exact) mass is 291 g/mol. The van der Waals surface area contributed by atoms with E-state index in [0.717, 1.165) is 25.9 Å². The molecule has 0 aliphatic carbocycles. The molecule has 0 saturated carbocycles. The van der Waals surface area contributed by atoms with Gasteiger partial charge in [-0.2, -0.15) is 0 Å².